The van der Waals surface area contributed by atoms with Gasteiger partial charge < -0.3 is 9.13 Å². The van der Waals surface area contributed by atoms with Gasteiger partial charge in [0.05, 0.1) is 6.54 Å². The maximum absolute atomic E-state index is 12.7. The van der Waals surface area contributed by atoms with E-state index in [0.717, 1.165) is 16.0 Å². The fraction of sp³-hybridized carbons (Fsp3) is 0.375. The first-order chi connectivity index (χ1) is 11.6. The predicted octanol–water partition coefficient (Wildman–Crippen LogP) is 0.925. The Bertz CT molecular complexity index is 1150. The normalized spacial score (nSPS) is 11.4. The highest BCUT2D eigenvalue weighted by atomic mass is 35.5. The molecular formula is C16H18ClN5O3. The Morgan fingerprint density at radius 2 is 1.76 bits per heavy atom. The molecule has 0 aliphatic carbocycles. The minimum atomic E-state index is -0.536. The van der Waals surface area contributed by atoms with Crippen LogP contribution in [0.15, 0.2) is 15.7 Å². The van der Waals surface area contributed by atoms with E-state index in [-0.39, 0.29) is 28.8 Å². The van der Waals surface area contributed by atoms with E-state index in [9.17, 15) is 14.4 Å². The highest BCUT2D eigenvalue weighted by Gasteiger charge is 2.21. The third-order valence-electron chi connectivity index (χ3n) is 4.68. The average molecular weight is 364 g/mol. The van der Waals surface area contributed by atoms with Gasteiger partial charge in [-0.25, -0.2) is 4.79 Å². The van der Waals surface area contributed by atoms with Crippen molar-refractivity contribution in [1.29, 1.82) is 0 Å². The van der Waals surface area contributed by atoms with Gasteiger partial charge in [-0.05, 0) is 31.5 Å². The summed E-state index contributed by atoms with van der Waals surface area (Å²) in [5.74, 6) is -0.182. The van der Waals surface area contributed by atoms with E-state index in [2.05, 4.69) is 4.98 Å². The number of fused-ring (bicyclic) bond motifs is 1. The summed E-state index contributed by atoms with van der Waals surface area (Å²) in [5.41, 5.74) is 1.62. The van der Waals surface area contributed by atoms with Crippen LogP contribution in [0.3, 0.4) is 0 Å². The van der Waals surface area contributed by atoms with E-state index >= 15 is 0 Å². The van der Waals surface area contributed by atoms with Crippen LogP contribution in [-0.4, -0.2) is 29.0 Å². The summed E-state index contributed by atoms with van der Waals surface area (Å²) < 4.78 is 5.48. The molecule has 3 aromatic rings. The molecule has 0 N–H and O–H groups in total. The van der Waals surface area contributed by atoms with Crippen LogP contribution in [0.25, 0.3) is 11.2 Å². The van der Waals surface area contributed by atoms with Crippen molar-refractivity contribution in [2.45, 2.75) is 20.4 Å². The molecule has 0 saturated heterocycles. The molecule has 0 radical (unpaired) electrons. The van der Waals surface area contributed by atoms with Crippen LogP contribution >= 0.6 is 11.6 Å². The number of hydrogen-bond acceptors (Lipinski definition) is 4. The van der Waals surface area contributed by atoms with E-state index in [4.69, 9.17) is 11.6 Å². The maximum atomic E-state index is 12.7. The molecule has 0 fully saturated rings. The average Bonchev–Trinajstić information content (AvgIpc) is 3.03. The Labute approximate surface area is 147 Å². The molecule has 0 aliphatic heterocycles. The fourth-order valence-corrected chi connectivity index (χ4v) is 3.15. The van der Waals surface area contributed by atoms with Gasteiger partial charge in [-0.2, -0.15) is 4.98 Å². The Morgan fingerprint density at radius 3 is 2.32 bits per heavy atom. The summed E-state index contributed by atoms with van der Waals surface area (Å²) in [6.45, 7) is 3.64. The van der Waals surface area contributed by atoms with Crippen molar-refractivity contribution < 1.29 is 4.79 Å². The lowest BCUT2D eigenvalue weighted by atomic mass is 10.1. The van der Waals surface area contributed by atoms with E-state index in [1.807, 2.05) is 25.5 Å². The zero-order valence-corrected chi connectivity index (χ0v) is 15.4. The number of carbonyl (C=O) groups excluding carboxylic acids is 1. The Hall–Kier alpha value is -2.61. The smallest absolute Gasteiger partial charge is 0.332 e. The molecule has 3 aromatic heterocycles. The molecule has 0 bridgehead atoms. The van der Waals surface area contributed by atoms with E-state index in [1.165, 1.54) is 23.2 Å². The number of Topliss-reactive ketones (excluding diaryl/α,β-unsaturated/α-hetero) is 1. The predicted molar refractivity (Wildman–Crippen MR) is 94.4 cm³/mol. The number of halogens is 1. The van der Waals surface area contributed by atoms with Crippen molar-refractivity contribution >= 4 is 28.5 Å². The largest absolute Gasteiger partial charge is 0.351 e. The molecule has 0 aliphatic rings. The molecule has 9 heteroatoms. The number of rotatable bonds is 3. The van der Waals surface area contributed by atoms with Crippen molar-refractivity contribution in [3.05, 3.63) is 49.1 Å². The van der Waals surface area contributed by atoms with Gasteiger partial charge in [-0.1, -0.05) is 0 Å². The fourth-order valence-electron chi connectivity index (χ4n) is 2.93. The molecule has 8 nitrogen and oxygen atoms in total. The van der Waals surface area contributed by atoms with Gasteiger partial charge in [-0.3, -0.25) is 18.7 Å². The molecule has 0 amide bonds. The van der Waals surface area contributed by atoms with Crippen molar-refractivity contribution in [2.75, 3.05) is 0 Å². The molecule has 0 saturated carbocycles. The molecular weight excluding hydrogens is 346 g/mol. The molecule has 3 rings (SSSR count). The van der Waals surface area contributed by atoms with E-state index < -0.39 is 11.2 Å². The Balaban J connectivity index is 2.18. The minimum absolute atomic E-state index is 0.00745. The van der Waals surface area contributed by atoms with Crippen LogP contribution in [0, 0.1) is 13.8 Å². The number of aryl methyl sites for hydroxylation is 2. The molecule has 0 spiro atoms. The Morgan fingerprint density at radius 1 is 1.12 bits per heavy atom. The SMILES string of the molecule is Cc1cc(C(=O)Cn2c(Cl)nc3c2c(=O)n(C)c(=O)n3C)c(C)n1C. The van der Waals surface area contributed by atoms with Crippen LogP contribution in [0.4, 0.5) is 0 Å². The summed E-state index contributed by atoms with van der Waals surface area (Å²) in [4.78, 5) is 41.3. The summed E-state index contributed by atoms with van der Waals surface area (Å²) in [6.07, 6.45) is 0. The Kier molecular flexibility index (Phi) is 3.95. The molecule has 3 heterocycles. The van der Waals surface area contributed by atoms with Gasteiger partial charge in [-0.15, -0.1) is 0 Å². The van der Waals surface area contributed by atoms with Crippen molar-refractivity contribution in [3.63, 3.8) is 0 Å². The standard InChI is InChI=1S/C16H18ClN5O3/c1-8-6-10(9(2)19(8)3)11(23)7-22-12-13(18-15(22)17)20(4)16(25)21(5)14(12)24/h6H,7H2,1-5H3. The van der Waals surface area contributed by atoms with Crippen LogP contribution in [0.1, 0.15) is 21.7 Å². The second-order valence-corrected chi connectivity index (χ2v) is 6.45. The third-order valence-corrected chi connectivity index (χ3v) is 4.97. The maximum Gasteiger partial charge on any atom is 0.332 e. The lowest BCUT2D eigenvalue weighted by Crippen LogP contribution is -2.37. The van der Waals surface area contributed by atoms with E-state index in [1.54, 1.807) is 6.07 Å². The highest BCUT2D eigenvalue weighted by Crippen LogP contribution is 2.19. The molecule has 0 aromatic carbocycles. The van der Waals surface area contributed by atoms with Crippen LogP contribution in [0.2, 0.25) is 5.28 Å². The van der Waals surface area contributed by atoms with Gasteiger partial charge in [0.1, 0.15) is 0 Å². The van der Waals surface area contributed by atoms with E-state index in [0.29, 0.717) is 5.56 Å². The van der Waals surface area contributed by atoms with Gasteiger partial charge in [0.15, 0.2) is 16.9 Å². The summed E-state index contributed by atoms with van der Waals surface area (Å²) in [5, 5.41) is -0.00745. The number of aromatic nitrogens is 5. The number of hydrogen-bond donors (Lipinski definition) is 0. The molecule has 0 unspecified atom stereocenters. The second kappa shape index (κ2) is 5.73. The van der Waals surface area contributed by atoms with Crippen molar-refractivity contribution in [2.24, 2.45) is 21.1 Å². The van der Waals surface area contributed by atoms with Gasteiger partial charge in [0, 0.05) is 38.1 Å². The van der Waals surface area contributed by atoms with Crippen LogP contribution < -0.4 is 11.2 Å². The zero-order valence-electron chi connectivity index (χ0n) is 14.6. The van der Waals surface area contributed by atoms with Crippen molar-refractivity contribution in [3.8, 4) is 0 Å². The van der Waals surface area contributed by atoms with Gasteiger partial charge in [0.25, 0.3) is 5.56 Å². The minimum Gasteiger partial charge on any atom is -0.351 e. The van der Waals surface area contributed by atoms with Crippen LogP contribution in [-0.2, 0) is 27.7 Å². The number of carbonyl (C=O) groups is 1. The van der Waals surface area contributed by atoms with Crippen molar-refractivity contribution in [1.82, 2.24) is 23.3 Å². The van der Waals surface area contributed by atoms with Crippen LogP contribution in [0.5, 0.6) is 0 Å². The lowest BCUT2D eigenvalue weighted by Gasteiger charge is -2.07. The number of ketones is 1. The molecule has 25 heavy (non-hydrogen) atoms. The first-order valence-corrected chi connectivity index (χ1v) is 8.00. The second-order valence-electron chi connectivity index (χ2n) is 6.11. The van der Waals surface area contributed by atoms with Gasteiger partial charge in [0.2, 0.25) is 5.28 Å². The summed E-state index contributed by atoms with van der Waals surface area (Å²) in [7, 11) is 4.76. The monoisotopic (exact) mass is 363 g/mol. The topological polar surface area (TPSA) is 83.8 Å². The summed E-state index contributed by atoms with van der Waals surface area (Å²) in [6, 6.07) is 1.80. The number of imidazole rings is 1. The lowest BCUT2D eigenvalue weighted by molar-refractivity contribution is 0.0972. The molecule has 132 valence electrons. The first-order valence-electron chi connectivity index (χ1n) is 7.63. The zero-order chi connectivity index (χ0) is 18.6. The summed E-state index contributed by atoms with van der Waals surface area (Å²) >= 11 is 6.15. The molecule has 0 atom stereocenters. The van der Waals surface area contributed by atoms with Gasteiger partial charge >= 0.3 is 5.69 Å². The first kappa shape index (κ1) is 17.2. The quantitative estimate of drug-likeness (QED) is 0.512. The number of nitrogens with zero attached hydrogens (tertiary/aromatic N) is 5. The third kappa shape index (κ3) is 2.44. The highest BCUT2D eigenvalue weighted by molar-refractivity contribution is 6.29.